The van der Waals surface area contributed by atoms with Gasteiger partial charge in [-0.25, -0.2) is 4.39 Å². The molecule has 0 fully saturated rings. The summed E-state index contributed by atoms with van der Waals surface area (Å²) in [5.74, 6) is -1.54. The number of non-ortho nitro benzene ring substituents is 1. The molecule has 152 valence electrons. The molecule has 0 bridgehead atoms. The van der Waals surface area contributed by atoms with Crippen LogP contribution < -0.4 is 15.0 Å². The van der Waals surface area contributed by atoms with Gasteiger partial charge in [0.1, 0.15) is 18.1 Å². The molecule has 0 spiro atoms. The van der Waals surface area contributed by atoms with Crippen LogP contribution in [-0.4, -0.2) is 29.9 Å². The number of anilines is 1. The third kappa shape index (κ3) is 4.41. The molecule has 1 unspecified atom stereocenters. The molecule has 2 amide bonds. The molecule has 1 aliphatic heterocycles. The minimum absolute atomic E-state index is 0.119. The molecule has 2 aromatic carbocycles. The van der Waals surface area contributed by atoms with E-state index < -0.39 is 35.1 Å². The van der Waals surface area contributed by atoms with E-state index in [2.05, 4.69) is 5.32 Å². The highest BCUT2D eigenvalue weighted by Crippen LogP contribution is 2.35. The van der Waals surface area contributed by atoms with Crippen molar-refractivity contribution in [2.75, 3.05) is 18.1 Å². The number of fused-ring (bicyclic) bond motifs is 1. The Balaban J connectivity index is 1.79. The van der Waals surface area contributed by atoms with Crippen LogP contribution in [0.25, 0.3) is 0 Å². The molecule has 0 saturated carbocycles. The first-order valence-corrected chi connectivity index (χ1v) is 9.08. The van der Waals surface area contributed by atoms with Crippen LogP contribution in [0.4, 0.5) is 15.8 Å². The molecular weight excluding hydrogens is 428 g/mol. The van der Waals surface area contributed by atoms with Gasteiger partial charge < -0.3 is 10.1 Å². The maximum absolute atomic E-state index is 13.7. The number of benzene rings is 2. The fourth-order valence-corrected chi connectivity index (χ4v) is 3.40. The summed E-state index contributed by atoms with van der Waals surface area (Å²) < 4.78 is 19.0. The van der Waals surface area contributed by atoms with Gasteiger partial charge >= 0.3 is 0 Å². The van der Waals surface area contributed by atoms with Gasteiger partial charge in [-0.1, -0.05) is 23.2 Å². The van der Waals surface area contributed by atoms with Gasteiger partial charge in [0, 0.05) is 17.2 Å². The average molecular weight is 442 g/mol. The van der Waals surface area contributed by atoms with E-state index in [1.165, 1.54) is 18.2 Å². The SMILES string of the molecule is CC(NC(=O)CN1C(=O)COc2ccc([N+](=O)[O-])cc21)c1cc(F)c(Cl)cc1Cl. The first-order valence-electron chi connectivity index (χ1n) is 8.32. The van der Waals surface area contributed by atoms with Crippen LogP contribution in [0.5, 0.6) is 5.75 Å². The summed E-state index contributed by atoms with van der Waals surface area (Å²) in [6.07, 6.45) is 0. The van der Waals surface area contributed by atoms with Crippen LogP contribution in [0.15, 0.2) is 30.3 Å². The zero-order chi connectivity index (χ0) is 21.3. The van der Waals surface area contributed by atoms with Gasteiger partial charge in [-0.2, -0.15) is 0 Å². The fourth-order valence-electron chi connectivity index (χ4n) is 2.86. The van der Waals surface area contributed by atoms with Gasteiger partial charge in [0.05, 0.1) is 21.7 Å². The molecule has 3 rings (SSSR count). The number of nitro benzene ring substituents is 1. The highest BCUT2D eigenvalue weighted by atomic mass is 35.5. The topological polar surface area (TPSA) is 102 Å². The van der Waals surface area contributed by atoms with Crippen molar-refractivity contribution in [1.29, 1.82) is 0 Å². The van der Waals surface area contributed by atoms with E-state index in [9.17, 15) is 24.1 Å². The van der Waals surface area contributed by atoms with Gasteiger partial charge in [0.25, 0.3) is 11.6 Å². The number of rotatable bonds is 5. The quantitative estimate of drug-likeness (QED) is 0.433. The fraction of sp³-hybridized carbons (Fsp3) is 0.222. The number of carbonyl (C=O) groups excluding carboxylic acids is 2. The Labute approximate surface area is 174 Å². The molecule has 0 saturated heterocycles. The van der Waals surface area contributed by atoms with Crippen LogP contribution in [0.2, 0.25) is 10.0 Å². The summed E-state index contributed by atoms with van der Waals surface area (Å²) in [5, 5.41) is 13.7. The van der Waals surface area contributed by atoms with Crippen molar-refractivity contribution in [1.82, 2.24) is 5.32 Å². The number of amides is 2. The van der Waals surface area contributed by atoms with Crippen molar-refractivity contribution < 1.29 is 23.6 Å². The number of nitrogens with zero attached hydrogens (tertiary/aromatic N) is 2. The van der Waals surface area contributed by atoms with Gasteiger partial charge in [-0.15, -0.1) is 0 Å². The minimum atomic E-state index is -0.684. The Bertz CT molecular complexity index is 1020. The molecule has 1 heterocycles. The highest BCUT2D eigenvalue weighted by molar-refractivity contribution is 6.35. The summed E-state index contributed by atoms with van der Waals surface area (Å²) in [7, 11) is 0. The molecular formula is C18H14Cl2FN3O5. The Morgan fingerprint density at radius 2 is 2.07 bits per heavy atom. The van der Waals surface area contributed by atoms with Crippen LogP contribution in [-0.2, 0) is 9.59 Å². The van der Waals surface area contributed by atoms with Crippen molar-refractivity contribution in [2.45, 2.75) is 13.0 Å². The molecule has 1 aliphatic rings. The number of ether oxygens (including phenoxy) is 1. The van der Waals surface area contributed by atoms with E-state index in [1.54, 1.807) is 6.92 Å². The second-order valence-electron chi connectivity index (χ2n) is 6.25. The Hall–Kier alpha value is -2.91. The van der Waals surface area contributed by atoms with Crippen LogP contribution in [0.1, 0.15) is 18.5 Å². The summed E-state index contributed by atoms with van der Waals surface area (Å²) in [5.41, 5.74) is 0.185. The summed E-state index contributed by atoms with van der Waals surface area (Å²) >= 11 is 11.7. The summed E-state index contributed by atoms with van der Waals surface area (Å²) in [6.45, 7) is 0.878. The number of hydrogen-bond acceptors (Lipinski definition) is 5. The predicted octanol–water partition coefficient (Wildman–Crippen LogP) is 3.64. The third-order valence-corrected chi connectivity index (χ3v) is 4.90. The van der Waals surface area contributed by atoms with Gasteiger partial charge in [0.2, 0.25) is 5.91 Å². The minimum Gasteiger partial charge on any atom is -0.482 e. The smallest absolute Gasteiger partial charge is 0.271 e. The van der Waals surface area contributed by atoms with E-state index in [4.69, 9.17) is 27.9 Å². The molecule has 29 heavy (non-hydrogen) atoms. The number of nitrogens with one attached hydrogen (secondary N) is 1. The zero-order valence-corrected chi connectivity index (χ0v) is 16.5. The lowest BCUT2D eigenvalue weighted by Crippen LogP contribution is -2.45. The van der Waals surface area contributed by atoms with Gasteiger partial charge in [-0.3, -0.25) is 24.6 Å². The van der Waals surface area contributed by atoms with E-state index in [0.717, 1.165) is 17.0 Å². The maximum atomic E-state index is 13.7. The maximum Gasteiger partial charge on any atom is 0.271 e. The van der Waals surface area contributed by atoms with Crippen LogP contribution in [0.3, 0.4) is 0 Å². The zero-order valence-electron chi connectivity index (χ0n) is 14.9. The Morgan fingerprint density at radius 3 is 2.76 bits per heavy atom. The highest BCUT2D eigenvalue weighted by Gasteiger charge is 2.29. The molecule has 0 aliphatic carbocycles. The second kappa shape index (κ2) is 8.22. The lowest BCUT2D eigenvalue weighted by atomic mass is 10.1. The standard InChI is InChI=1S/C18H14Cl2FN3O5/c1-9(11-5-14(21)13(20)6-12(11)19)22-17(25)7-23-15-4-10(24(27)28)2-3-16(15)29-8-18(23)26/h2-6,9H,7-8H2,1H3,(H,22,25). The van der Waals surface area contributed by atoms with Crippen molar-refractivity contribution in [3.63, 3.8) is 0 Å². The molecule has 1 atom stereocenters. The number of halogens is 3. The molecule has 11 heteroatoms. The van der Waals surface area contributed by atoms with Crippen LogP contribution in [0, 0.1) is 15.9 Å². The monoisotopic (exact) mass is 441 g/mol. The molecule has 0 aromatic heterocycles. The lowest BCUT2D eigenvalue weighted by molar-refractivity contribution is -0.384. The van der Waals surface area contributed by atoms with Crippen LogP contribution >= 0.6 is 23.2 Å². The molecule has 1 N–H and O–H groups in total. The average Bonchev–Trinajstić information content (AvgIpc) is 2.66. The molecule has 0 radical (unpaired) electrons. The van der Waals surface area contributed by atoms with Crippen molar-refractivity contribution in [3.05, 3.63) is 61.9 Å². The van der Waals surface area contributed by atoms with Crippen molar-refractivity contribution >= 4 is 46.4 Å². The summed E-state index contributed by atoms with van der Waals surface area (Å²) in [4.78, 5) is 36.2. The Morgan fingerprint density at radius 1 is 1.34 bits per heavy atom. The van der Waals surface area contributed by atoms with Gasteiger partial charge in [-0.05, 0) is 30.7 Å². The molecule has 2 aromatic rings. The normalized spacial score (nSPS) is 14.1. The first-order chi connectivity index (χ1) is 13.7. The van der Waals surface area contributed by atoms with E-state index in [0.29, 0.717) is 5.56 Å². The Kier molecular flexibility index (Phi) is 5.90. The predicted molar refractivity (Wildman–Crippen MR) is 104 cm³/mol. The first kappa shape index (κ1) is 20.8. The van der Waals surface area contributed by atoms with E-state index in [-0.39, 0.29) is 33.8 Å². The largest absolute Gasteiger partial charge is 0.482 e. The van der Waals surface area contributed by atoms with Gasteiger partial charge in [0.15, 0.2) is 6.61 Å². The summed E-state index contributed by atoms with van der Waals surface area (Å²) in [6, 6.07) is 5.44. The van der Waals surface area contributed by atoms with E-state index >= 15 is 0 Å². The third-order valence-electron chi connectivity index (χ3n) is 4.28. The molecule has 8 nitrogen and oxygen atoms in total. The number of carbonyl (C=O) groups is 2. The lowest BCUT2D eigenvalue weighted by Gasteiger charge is -2.29. The van der Waals surface area contributed by atoms with Crippen molar-refractivity contribution in [2.24, 2.45) is 0 Å². The number of nitro groups is 1. The number of hydrogen-bond donors (Lipinski definition) is 1. The van der Waals surface area contributed by atoms with Crippen molar-refractivity contribution in [3.8, 4) is 5.75 Å². The second-order valence-corrected chi connectivity index (χ2v) is 7.07. The van der Waals surface area contributed by atoms with E-state index in [1.807, 2.05) is 0 Å².